The molecule has 0 radical (unpaired) electrons. The Morgan fingerprint density at radius 2 is 1.96 bits per heavy atom. The van der Waals surface area contributed by atoms with E-state index in [1.807, 2.05) is 0 Å². The van der Waals surface area contributed by atoms with E-state index in [4.69, 9.17) is 23.2 Å². The summed E-state index contributed by atoms with van der Waals surface area (Å²) in [7, 11) is 0. The molecule has 3 rings (SSSR count). The fourth-order valence-corrected chi connectivity index (χ4v) is 3.78. The maximum Gasteiger partial charge on any atom is 0.211 e. The van der Waals surface area contributed by atoms with Crippen LogP contribution in [-0.4, -0.2) is 17.3 Å². The van der Waals surface area contributed by atoms with Crippen molar-refractivity contribution < 1.29 is 19.1 Å². The zero-order valence-electron chi connectivity index (χ0n) is 14.6. The summed E-state index contributed by atoms with van der Waals surface area (Å²) in [6.07, 6.45) is 2.03. The summed E-state index contributed by atoms with van der Waals surface area (Å²) in [5.41, 5.74) is -0.769. The topological polar surface area (TPSA) is 66.4 Å². The zero-order valence-corrected chi connectivity index (χ0v) is 16.1. The van der Waals surface area contributed by atoms with E-state index in [1.54, 1.807) is 6.07 Å². The predicted octanol–water partition coefficient (Wildman–Crippen LogP) is 5.06. The maximum absolute atomic E-state index is 14.4. The van der Waals surface area contributed by atoms with Gasteiger partial charge in [0.1, 0.15) is 5.82 Å². The molecule has 1 atom stereocenters. The smallest absolute Gasteiger partial charge is 0.211 e. The minimum atomic E-state index is -1.77. The first kappa shape index (κ1) is 19.8. The average molecular weight is 410 g/mol. The van der Waals surface area contributed by atoms with E-state index in [1.165, 1.54) is 31.2 Å². The van der Waals surface area contributed by atoms with E-state index in [0.29, 0.717) is 12.3 Å². The zero-order chi connectivity index (χ0) is 19.8. The number of carbonyl (C=O) groups is 2. The number of hydrogen-bond acceptors (Lipinski definition) is 3. The van der Waals surface area contributed by atoms with Crippen LogP contribution in [0.15, 0.2) is 30.3 Å². The number of hydrogen-bond donors (Lipinski definition) is 2. The van der Waals surface area contributed by atoms with Crippen LogP contribution in [0.3, 0.4) is 0 Å². The second-order valence-electron chi connectivity index (χ2n) is 6.93. The van der Waals surface area contributed by atoms with Crippen molar-refractivity contribution in [3.8, 4) is 0 Å². The second kappa shape index (κ2) is 7.58. The number of halogens is 3. The summed E-state index contributed by atoms with van der Waals surface area (Å²) in [5.74, 6) is -0.814. The lowest BCUT2D eigenvalue weighted by Crippen LogP contribution is -2.27. The van der Waals surface area contributed by atoms with Gasteiger partial charge in [-0.15, -0.1) is 0 Å². The lowest BCUT2D eigenvalue weighted by molar-refractivity contribution is -0.105. The lowest BCUT2D eigenvalue weighted by Gasteiger charge is -2.27. The van der Waals surface area contributed by atoms with E-state index < -0.39 is 23.6 Å². The summed E-state index contributed by atoms with van der Waals surface area (Å²) in [4.78, 5) is 23.5. The highest BCUT2D eigenvalue weighted by atomic mass is 35.5. The van der Waals surface area contributed by atoms with Gasteiger partial charge in [0.25, 0.3) is 0 Å². The molecule has 1 unspecified atom stereocenters. The Kier molecular flexibility index (Phi) is 5.56. The molecule has 1 amide bonds. The fourth-order valence-electron chi connectivity index (χ4n) is 3.20. The third-order valence-electron chi connectivity index (χ3n) is 4.69. The molecule has 0 aliphatic heterocycles. The van der Waals surface area contributed by atoms with Gasteiger partial charge in [0.05, 0.1) is 21.9 Å². The predicted molar refractivity (Wildman–Crippen MR) is 103 cm³/mol. The molecule has 4 nitrogen and oxygen atoms in total. The van der Waals surface area contributed by atoms with Crippen LogP contribution in [0.1, 0.15) is 53.6 Å². The van der Waals surface area contributed by atoms with E-state index >= 15 is 0 Å². The number of anilines is 1. The van der Waals surface area contributed by atoms with E-state index in [2.05, 4.69) is 5.32 Å². The summed E-state index contributed by atoms with van der Waals surface area (Å²) in [6, 6.07) is 7.50. The van der Waals surface area contributed by atoms with Crippen molar-refractivity contribution in [3.63, 3.8) is 0 Å². The first-order valence-electron chi connectivity index (χ1n) is 8.48. The highest BCUT2D eigenvalue weighted by Crippen LogP contribution is 2.42. The van der Waals surface area contributed by atoms with Crippen molar-refractivity contribution in [3.05, 3.63) is 62.9 Å². The fraction of sp³-hybridized carbons (Fsp3) is 0.300. The number of benzene rings is 2. The minimum absolute atomic E-state index is 0.0947. The van der Waals surface area contributed by atoms with Gasteiger partial charge in [-0.25, -0.2) is 4.39 Å². The molecule has 0 aromatic heterocycles. The van der Waals surface area contributed by atoms with Gasteiger partial charge in [0, 0.05) is 17.0 Å². The highest BCUT2D eigenvalue weighted by molar-refractivity contribution is 6.36. The minimum Gasteiger partial charge on any atom is -0.385 e. The Balaban J connectivity index is 1.91. The van der Waals surface area contributed by atoms with Crippen LogP contribution in [0.4, 0.5) is 10.1 Å². The van der Waals surface area contributed by atoms with Gasteiger partial charge in [0.2, 0.25) is 6.41 Å². The summed E-state index contributed by atoms with van der Waals surface area (Å²) >= 11 is 12.3. The van der Waals surface area contributed by atoms with Gasteiger partial charge in [-0.05, 0) is 55.5 Å². The molecule has 0 spiro atoms. The van der Waals surface area contributed by atoms with Crippen molar-refractivity contribution in [2.45, 2.75) is 37.7 Å². The Hall–Kier alpha value is -1.95. The Bertz CT molecular complexity index is 910. The third kappa shape index (κ3) is 4.15. The molecule has 0 bridgehead atoms. The van der Waals surface area contributed by atoms with Crippen molar-refractivity contribution in [2.75, 3.05) is 5.32 Å². The van der Waals surface area contributed by atoms with Crippen LogP contribution >= 0.6 is 23.2 Å². The lowest BCUT2D eigenvalue weighted by atomic mass is 9.87. The van der Waals surface area contributed by atoms with Gasteiger partial charge >= 0.3 is 0 Å². The summed E-state index contributed by atoms with van der Waals surface area (Å²) in [6.45, 7) is 1.37. The number of rotatable bonds is 7. The maximum atomic E-state index is 14.4. The molecule has 0 saturated heterocycles. The molecule has 7 heteroatoms. The Morgan fingerprint density at radius 3 is 2.56 bits per heavy atom. The van der Waals surface area contributed by atoms with E-state index in [0.717, 1.165) is 18.4 Å². The van der Waals surface area contributed by atoms with Gasteiger partial charge in [-0.1, -0.05) is 29.3 Å². The molecular weight excluding hydrogens is 392 g/mol. The highest BCUT2D eigenvalue weighted by Gasteiger charge is 2.34. The summed E-state index contributed by atoms with van der Waals surface area (Å²) < 4.78 is 14.4. The Labute approximate surface area is 166 Å². The first-order chi connectivity index (χ1) is 12.7. The van der Waals surface area contributed by atoms with Crippen LogP contribution in [0, 0.1) is 5.82 Å². The molecule has 2 aromatic carbocycles. The largest absolute Gasteiger partial charge is 0.385 e. The van der Waals surface area contributed by atoms with Gasteiger partial charge < -0.3 is 10.4 Å². The van der Waals surface area contributed by atoms with Crippen molar-refractivity contribution in [2.24, 2.45) is 0 Å². The second-order valence-corrected chi connectivity index (χ2v) is 7.74. The SMILES string of the molecule is CC(O)(CC(=O)c1ccc(C2CC2)cc1F)c1c(Cl)ccc(Cl)c1NC=O. The molecule has 27 heavy (non-hydrogen) atoms. The quantitative estimate of drug-likeness (QED) is 0.496. The number of ketones is 1. The molecule has 0 heterocycles. The average Bonchev–Trinajstić information content (AvgIpc) is 3.42. The monoisotopic (exact) mass is 409 g/mol. The molecule has 1 aliphatic rings. The molecule has 1 fully saturated rings. The van der Waals surface area contributed by atoms with Crippen LogP contribution < -0.4 is 5.32 Å². The first-order valence-corrected chi connectivity index (χ1v) is 9.24. The number of Topliss-reactive ketones (excluding diaryl/α,β-unsaturated/α-hetero) is 1. The Morgan fingerprint density at radius 1 is 1.30 bits per heavy atom. The van der Waals surface area contributed by atoms with Crippen molar-refractivity contribution >= 4 is 41.1 Å². The number of nitrogens with one attached hydrogen (secondary N) is 1. The number of aliphatic hydroxyl groups is 1. The molecule has 2 aromatic rings. The van der Waals surface area contributed by atoms with Gasteiger partial charge in [-0.2, -0.15) is 0 Å². The molecule has 2 N–H and O–H groups in total. The van der Waals surface area contributed by atoms with Crippen molar-refractivity contribution in [1.29, 1.82) is 0 Å². The normalized spacial score (nSPS) is 15.9. The van der Waals surface area contributed by atoms with Gasteiger partial charge in [0.15, 0.2) is 5.78 Å². The summed E-state index contributed by atoms with van der Waals surface area (Å²) in [5, 5.41) is 13.6. The third-order valence-corrected chi connectivity index (χ3v) is 5.32. The number of amides is 1. The van der Waals surface area contributed by atoms with E-state index in [9.17, 15) is 19.1 Å². The molecular formula is C20H18Cl2FNO3. The molecule has 142 valence electrons. The number of carbonyl (C=O) groups excluding carboxylic acids is 2. The van der Waals surface area contributed by atoms with Crippen LogP contribution in [-0.2, 0) is 10.4 Å². The van der Waals surface area contributed by atoms with Gasteiger partial charge in [-0.3, -0.25) is 9.59 Å². The van der Waals surface area contributed by atoms with E-state index in [-0.39, 0.29) is 26.9 Å². The molecule has 1 saturated carbocycles. The standard InChI is InChI=1S/C20H18Cl2FNO3/c1-20(27,18-14(21)6-7-15(22)19(18)24-10-25)9-17(26)13-5-4-12(8-16(13)23)11-2-3-11/h4-8,10-11,27H,2-3,9H2,1H3,(H,24,25). The van der Waals surface area contributed by atoms with Crippen LogP contribution in [0.25, 0.3) is 0 Å². The molecule has 1 aliphatic carbocycles. The van der Waals surface area contributed by atoms with Crippen LogP contribution in [0.5, 0.6) is 0 Å². The van der Waals surface area contributed by atoms with Crippen LogP contribution in [0.2, 0.25) is 10.0 Å². The van der Waals surface area contributed by atoms with Crippen molar-refractivity contribution in [1.82, 2.24) is 0 Å².